The molecular weight excluding hydrogens is 324 g/mol. The van der Waals surface area contributed by atoms with E-state index in [1.165, 1.54) is 0 Å². The third-order valence-corrected chi connectivity index (χ3v) is 5.59. The summed E-state index contributed by atoms with van der Waals surface area (Å²) in [6, 6.07) is 4.38. The molecule has 0 aromatic carbocycles. The van der Waals surface area contributed by atoms with Crippen molar-refractivity contribution >= 4 is 17.2 Å². The van der Waals surface area contributed by atoms with Crippen LogP contribution in [0.25, 0.3) is 10.8 Å². The average molecular weight is 346 g/mol. The van der Waals surface area contributed by atoms with Gasteiger partial charge in [0.25, 0.3) is 0 Å². The maximum atomic E-state index is 12.8. The molecule has 2 aromatic rings. The summed E-state index contributed by atoms with van der Waals surface area (Å²) in [6.07, 6.45) is 3.63. The number of oxazole rings is 1. The predicted molar refractivity (Wildman–Crippen MR) is 91.9 cm³/mol. The Labute approximate surface area is 145 Å². The van der Waals surface area contributed by atoms with Gasteiger partial charge in [0.2, 0.25) is 11.8 Å². The molecule has 2 aliphatic rings. The Hall–Kier alpha value is -1.66. The van der Waals surface area contributed by atoms with Crippen molar-refractivity contribution < 1.29 is 13.9 Å². The van der Waals surface area contributed by atoms with Crippen LogP contribution in [0.4, 0.5) is 0 Å². The van der Waals surface area contributed by atoms with Gasteiger partial charge in [-0.3, -0.25) is 4.79 Å². The Morgan fingerprint density at radius 1 is 1.42 bits per heavy atom. The van der Waals surface area contributed by atoms with E-state index >= 15 is 0 Å². The van der Waals surface area contributed by atoms with E-state index in [9.17, 15) is 4.79 Å². The molecule has 1 aliphatic heterocycles. The van der Waals surface area contributed by atoms with Crippen molar-refractivity contribution in [3.05, 3.63) is 29.0 Å². The second-order valence-corrected chi connectivity index (χ2v) is 7.63. The minimum absolute atomic E-state index is 0.165. The zero-order valence-electron chi connectivity index (χ0n) is 13.9. The molecule has 1 unspecified atom stereocenters. The van der Waals surface area contributed by atoms with Gasteiger partial charge in [0.1, 0.15) is 5.76 Å². The number of thiophene rings is 1. The van der Waals surface area contributed by atoms with Crippen LogP contribution in [-0.4, -0.2) is 41.6 Å². The number of carbonyl (C=O) groups excluding carboxylic acids is 1. The van der Waals surface area contributed by atoms with Crippen LogP contribution >= 0.6 is 11.3 Å². The van der Waals surface area contributed by atoms with Gasteiger partial charge in [0, 0.05) is 25.1 Å². The van der Waals surface area contributed by atoms with Crippen molar-refractivity contribution in [2.45, 2.75) is 38.6 Å². The van der Waals surface area contributed by atoms with Gasteiger partial charge in [-0.2, -0.15) is 0 Å². The van der Waals surface area contributed by atoms with Crippen molar-refractivity contribution in [2.24, 2.45) is 5.92 Å². The zero-order valence-corrected chi connectivity index (χ0v) is 14.7. The number of amides is 1. The SMILES string of the molecule is Cc1oc(-c2cccs2)nc1CC(=O)N(CC1CCOC1)C1CC1. The van der Waals surface area contributed by atoms with Gasteiger partial charge in [0.05, 0.1) is 23.6 Å². The summed E-state index contributed by atoms with van der Waals surface area (Å²) in [7, 11) is 0. The van der Waals surface area contributed by atoms with E-state index in [1.807, 2.05) is 24.4 Å². The summed E-state index contributed by atoms with van der Waals surface area (Å²) in [5.41, 5.74) is 0.761. The lowest BCUT2D eigenvalue weighted by atomic mass is 10.1. The Morgan fingerprint density at radius 3 is 2.96 bits per heavy atom. The van der Waals surface area contributed by atoms with Crippen molar-refractivity contribution in [2.75, 3.05) is 19.8 Å². The maximum absolute atomic E-state index is 12.8. The molecule has 2 aromatic heterocycles. The largest absolute Gasteiger partial charge is 0.440 e. The van der Waals surface area contributed by atoms with E-state index in [2.05, 4.69) is 9.88 Å². The van der Waals surface area contributed by atoms with Gasteiger partial charge in [-0.1, -0.05) is 6.07 Å². The fourth-order valence-corrected chi connectivity index (χ4v) is 3.84. The summed E-state index contributed by atoms with van der Waals surface area (Å²) in [4.78, 5) is 20.4. The Morgan fingerprint density at radius 2 is 2.29 bits per heavy atom. The molecule has 5 nitrogen and oxygen atoms in total. The van der Waals surface area contributed by atoms with E-state index in [1.54, 1.807) is 11.3 Å². The molecule has 1 saturated heterocycles. The van der Waals surface area contributed by atoms with Gasteiger partial charge >= 0.3 is 0 Å². The lowest BCUT2D eigenvalue weighted by Crippen LogP contribution is -2.38. The second kappa shape index (κ2) is 6.69. The summed E-state index contributed by atoms with van der Waals surface area (Å²) in [5.74, 6) is 2.01. The molecule has 0 N–H and O–H groups in total. The predicted octanol–water partition coefficient (Wildman–Crippen LogP) is 3.28. The minimum Gasteiger partial charge on any atom is -0.440 e. The summed E-state index contributed by atoms with van der Waals surface area (Å²) < 4.78 is 11.2. The zero-order chi connectivity index (χ0) is 16.5. The van der Waals surface area contributed by atoms with Crippen LogP contribution in [-0.2, 0) is 16.0 Å². The Kier molecular flexibility index (Phi) is 4.41. The fourth-order valence-electron chi connectivity index (χ4n) is 3.19. The lowest BCUT2D eigenvalue weighted by molar-refractivity contribution is -0.131. The molecule has 3 heterocycles. The van der Waals surface area contributed by atoms with E-state index in [4.69, 9.17) is 9.15 Å². The third-order valence-electron chi connectivity index (χ3n) is 4.73. The first-order valence-corrected chi connectivity index (χ1v) is 9.46. The first-order chi connectivity index (χ1) is 11.7. The highest BCUT2D eigenvalue weighted by Gasteiger charge is 2.35. The van der Waals surface area contributed by atoms with E-state index in [0.29, 0.717) is 24.3 Å². The third kappa shape index (κ3) is 3.39. The van der Waals surface area contributed by atoms with Crippen LogP contribution < -0.4 is 0 Å². The highest BCUT2D eigenvalue weighted by molar-refractivity contribution is 7.13. The monoisotopic (exact) mass is 346 g/mol. The van der Waals surface area contributed by atoms with Gasteiger partial charge < -0.3 is 14.1 Å². The molecule has 128 valence electrons. The first kappa shape index (κ1) is 15.8. The number of rotatable bonds is 6. The number of aryl methyl sites for hydroxylation is 1. The standard InChI is InChI=1S/C18H22N2O3S/c1-12-15(19-18(23-12)16-3-2-8-24-16)9-17(21)20(14-4-5-14)10-13-6-7-22-11-13/h2-3,8,13-14H,4-7,9-11H2,1H3. The highest BCUT2D eigenvalue weighted by atomic mass is 32.1. The number of nitrogens with zero attached hydrogens (tertiary/aromatic N) is 2. The van der Waals surface area contributed by atoms with Crippen LogP contribution in [0.3, 0.4) is 0 Å². The number of hydrogen-bond acceptors (Lipinski definition) is 5. The van der Waals surface area contributed by atoms with Gasteiger partial charge in [-0.05, 0) is 37.6 Å². The molecule has 4 rings (SSSR count). The smallest absolute Gasteiger partial charge is 0.236 e. The molecule has 1 atom stereocenters. The quantitative estimate of drug-likeness (QED) is 0.805. The van der Waals surface area contributed by atoms with E-state index in [0.717, 1.165) is 55.4 Å². The summed E-state index contributed by atoms with van der Waals surface area (Å²) in [6.45, 7) is 4.31. The van der Waals surface area contributed by atoms with Crippen molar-refractivity contribution in [3.63, 3.8) is 0 Å². The van der Waals surface area contributed by atoms with E-state index in [-0.39, 0.29) is 5.91 Å². The minimum atomic E-state index is 0.165. The van der Waals surface area contributed by atoms with Gasteiger partial charge in [-0.25, -0.2) is 4.98 Å². The van der Waals surface area contributed by atoms with Crippen LogP contribution in [0.1, 0.15) is 30.7 Å². The van der Waals surface area contributed by atoms with Crippen LogP contribution in [0.15, 0.2) is 21.9 Å². The van der Waals surface area contributed by atoms with Crippen LogP contribution in [0.2, 0.25) is 0 Å². The first-order valence-electron chi connectivity index (χ1n) is 8.58. The van der Waals surface area contributed by atoms with Crippen LogP contribution in [0, 0.1) is 12.8 Å². The molecule has 6 heteroatoms. The molecular formula is C18H22N2O3S. The molecule has 24 heavy (non-hydrogen) atoms. The maximum Gasteiger partial charge on any atom is 0.236 e. The molecule has 2 fully saturated rings. The van der Waals surface area contributed by atoms with Crippen molar-refractivity contribution in [1.29, 1.82) is 0 Å². The van der Waals surface area contributed by atoms with Crippen molar-refractivity contribution in [3.8, 4) is 10.8 Å². The molecule has 1 amide bonds. The Bertz CT molecular complexity index is 700. The molecule has 0 bridgehead atoms. The van der Waals surface area contributed by atoms with Gasteiger partial charge in [-0.15, -0.1) is 11.3 Å². The molecule has 0 radical (unpaired) electrons. The molecule has 1 aliphatic carbocycles. The number of ether oxygens (including phenoxy) is 1. The molecule has 1 saturated carbocycles. The number of aromatic nitrogens is 1. The average Bonchev–Trinajstić information content (AvgIpc) is 2.97. The molecule has 0 spiro atoms. The second-order valence-electron chi connectivity index (χ2n) is 6.68. The topological polar surface area (TPSA) is 55.6 Å². The van der Waals surface area contributed by atoms with Gasteiger partial charge in [0.15, 0.2) is 0 Å². The number of hydrogen-bond donors (Lipinski definition) is 0. The number of carbonyl (C=O) groups is 1. The van der Waals surface area contributed by atoms with Crippen LogP contribution in [0.5, 0.6) is 0 Å². The Balaban J connectivity index is 1.46. The summed E-state index contributed by atoms with van der Waals surface area (Å²) >= 11 is 1.59. The summed E-state index contributed by atoms with van der Waals surface area (Å²) in [5, 5.41) is 2.00. The van der Waals surface area contributed by atoms with E-state index < -0.39 is 0 Å². The fraction of sp³-hybridized carbons (Fsp3) is 0.556. The highest BCUT2D eigenvalue weighted by Crippen LogP contribution is 2.31. The normalized spacial score (nSPS) is 20.5. The van der Waals surface area contributed by atoms with Crippen molar-refractivity contribution in [1.82, 2.24) is 9.88 Å². The lowest BCUT2D eigenvalue weighted by Gasteiger charge is -2.25.